The minimum atomic E-state index is 0.276. The molecule has 0 spiro atoms. The fourth-order valence-corrected chi connectivity index (χ4v) is 2.46. The van der Waals surface area contributed by atoms with Gasteiger partial charge in [-0.05, 0) is 38.1 Å². The zero-order valence-corrected chi connectivity index (χ0v) is 11.7. The molecule has 5 heteroatoms. The van der Waals surface area contributed by atoms with Gasteiger partial charge in [0.1, 0.15) is 5.69 Å². The summed E-state index contributed by atoms with van der Waals surface area (Å²) in [5, 5.41) is 13.2. The van der Waals surface area contributed by atoms with Crippen LogP contribution in [0.5, 0.6) is 0 Å². The quantitative estimate of drug-likeness (QED) is 0.715. The number of nitriles is 1. The normalized spacial score (nSPS) is 11.2. The van der Waals surface area contributed by atoms with Gasteiger partial charge in [-0.1, -0.05) is 0 Å². The molecule has 0 aliphatic rings. The molecular weight excluding hydrogens is 250 g/mol. The molecule has 2 heterocycles. The number of fused-ring (bicyclic) bond motifs is 1. The maximum atomic E-state index is 9.01. The molecule has 0 atom stereocenters. The average molecular weight is 265 g/mol. The zero-order valence-electron chi connectivity index (χ0n) is 11.7. The lowest BCUT2D eigenvalue weighted by atomic mass is 10.2. The minimum Gasteiger partial charge on any atom is -0.320 e. The molecule has 20 heavy (non-hydrogen) atoms. The Kier molecular flexibility index (Phi) is 2.79. The van der Waals surface area contributed by atoms with Gasteiger partial charge >= 0.3 is 0 Å². The molecule has 0 saturated heterocycles. The number of rotatable bonds is 2. The van der Waals surface area contributed by atoms with Gasteiger partial charge in [0, 0.05) is 19.3 Å². The summed E-state index contributed by atoms with van der Waals surface area (Å²) in [6, 6.07) is 10.00. The maximum Gasteiger partial charge on any atom is 0.159 e. The van der Waals surface area contributed by atoms with E-state index < -0.39 is 0 Å². The standard InChI is InChI=1S/C15H15N5/c1-10(2)20-13-5-4-11(9-16)8-12(13)18-15(20)14-6-7-17-19(14)3/h4-8,10H,1-3H3. The highest BCUT2D eigenvalue weighted by atomic mass is 15.3. The first kappa shape index (κ1) is 12.4. The van der Waals surface area contributed by atoms with Crippen molar-refractivity contribution in [1.82, 2.24) is 19.3 Å². The van der Waals surface area contributed by atoms with Crippen LogP contribution in [0.1, 0.15) is 25.5 Å². The Balaban J connectivity index is 2.34. The second kappa shape index (κ2) is 4.49. The summed E-state index contributed by atoms with van der Waals surface area (Å²) >= 11 is 0. The summed E-state index contributed by atoms with van der Waals surface area (Å²) in [5.74, 6) is 0.880. The molecule has 100 valence electrons. The Morgan fingerprint density at radius 3 is 2.65 bits per heavy atom. The number of imidazole rings is 1. The SMILES string of the molecule is CC(C)n1c(-c2ccnn2C)nc2cc(C#N)ccc21. The van der Waals surface area contributed by atoms with Gasteiger partial charge in [0.25, 0.3) is 0 Å². The summed E-state index contributed by atoms with van der Waals surface area (Å²) in [6.45, 7) is 4.25. The molecule has 0 N–H and O–H groups in total. The highest BCUT2D eigenvalue weighted by Gasteiger charge is 2.17. The van der Waals surface area contributed by atoms with Gasteiger partial charge in [-0.25, -0.2) is 4.98 Å². The van der Waals surface area contributed by atoms with E-state index in [2.05, 4.69) is 29.6 Å². The molecule has 0 saturated carbocycles. The first-order valence-electron chi connectivity index (χ1n) is 6.52. The molecule has 1 aromatic carbocycles. The fourth-order valence-electron chi connectivity index (χ4n) is 2.46. The average Bonchev–Trinajstić information content (AvgIpc) is 3.00. The monoisotopic (exact) mass is 265 g/mol. The lowest BCUT2D eigenvalue weighted by Crippen LogP contribution is -2.05. The van der Waals surface area contributed by atoms with Crippen LogP contribution in [0.2, 0.25) is 0 Å². The van der Waals surface area contributed by atoms with Crippen molar-refractivity contribution in [3.8, 4) is 17.6 Å². The van der Waals surface area contributed by atoms with E-state index in [1.54, 1.807) is 6.20 Å². The van der Waals surface area contributed by atoms with E-state index in [4.69, 9.17) is 10.2 Å². The van der Waals surface area contributed by atoms with E-state index >= 15 is 0 Å². The highest BCUT2D eigenvalue weighted by molar-refractivity contribution is 5.81. The van der Waals surface area contributed by atoms with E-state index in [1.165, 1.54) is 0 Å². The lowest BCUT2D eigenvalue weighted by molar-refractivity contribution is 0.618. The van der Waals surface area contributed by atoms with Crippen molar-refractivity contribution in [1.29, 1.82) is 5.26 Å². The van der Waals surface area contributed by atoms with E-state index in [9.17, 15) is 0 Å². The Labute approximate surface area is 117 Å². The number of aryl methyl sites for hydroxylation is 1. The summed E-state index contributed by atoms with van der Waals surface area (Å²) in [6.07, 6.45) is 1.76. The first-order chi connectivity index (χ1) is 9.61. The summed E-state index contributed by atoms with van der Waals surface area (Å²) in [7, 11) is 1.90. The van der Waals surface area contributed by atoms with Gasteiger partial charge in [0.05, 0.1) is 22.7 Å². The molecule has 0 bridgehead atoms. The van der Waals surface area contributed by atoms with E-state index in [0.717, 1.165) is 22.6 Å². The number of aromatic nitrogens is 4. The van der Waals surface area contributed by atoms with Crippen LogP contribution in [0.4, 0.5) is 0 Å². The number of benzene rings is 1. The van der Waals surface area contributed by atoms with E-state index in [0.29, 0.717) is 5.56 Å². The van der Waals surface area contributed by atoms with Gasteiger partial charge in [-0.2, -0.15) is 10.4 Å². The van der Waals surface area contributed by atoms with Crippen LogP contribution in [-0.4, -0.2) is 19.3 Å². The van der Waals surface area contributed by atoms with Gasteiger partial charge in [-0.3, -0.25) is 4.68 Å². The molecule has 2 aromatic heterocycles. The molecule has 0 unspecified atom stereocenters. The second-order valence-electron chi connectivity index (χ2n) is 5.05. The van der Waals surface area contributed by atoms with Crippen molar-refractivity contribution in [2.45, 2.75) is 19.9 Å². The molecule has 0 aliphatic heterocycles. The van der Waals surface area contributed by atoms with Crippen LogP contribution < -0.4 is 0 Å². The van der Waals surface area contributed by atoms with E-state index in [-0.39, 0.29) is 6.04 Å². The second-order valence-corrected chi connectivity index (χ2v) is 5.05. The van der Waals surface area contributed by atoms with Gasteiger partial charge < -0.3 is 4.57 Å². The minimum absolute atomic E-state index is 0.276. The van der Waals surface area contributed by atoms with Crippen LogP contribution in [0.25, 0.3) is 22.6 Å². The van der Waals surface area contributed by atoms with Crippen molar-refractivity contribution >= 4 is 11.0 Å². The van der Waals surface area contributed by atoms with Crippen LogP contribution in [0.3, 0.4) is 0 Å². The maximum absolute atomic E-state index is 9.01. The topological polar surface area (TPSA) is 59.4 Å². The van der Waals surface area contributed by atoms with Crippen molar-refractivity contribution in [2.75, 3.05) is 0 Å². The fraction of sp³-hybridized carbons (Fsp3) is 0.267. The van der Waals surface area contributed by atoms with Gasteiger partial charge in [-0.15, -0.1) is 0 Å². The van der Waals surface area contributed by atoms with Crippen molar-refractivity contribution < 1.29 is 0 Å². The lowest BCUT2D eigenvalue weighted by Gasteiger charge is -2.13. The van der Waals surface area contributed by atoms with Crippen LogP contribution in [0.15, 0.2) is 30.5 Å². The molecule has 3 rings (SSSR count). The van der Waals surface area contributed by atoms with Crippen LogP contribution in [0, 0.1) is 11.3 Å². The third-order valence-electron chi connectivity index (χ3n) is 3.39. The van der Waals surface area contributed by atoms with Crippen LogP contribution >= 0.6 is 0 Å². The summed E-state index contributed by atoms with van der Waals surface area (Å²) in [4.78, 5) is 4.70. The third kappa shape index (κ3) is 1.77. The number of nitrogens with zero attached hydrogens (tertiary/aromatic N) is 5. The first-order valence-corrected chi connectivity index (χ1v) is 6.52. The van der Waals surface area contributed by atoms with Crippen molar-refractivity contribution in [2.24, 2.45) is 7.05 Å². The molecule has 0 radical (unpaired) electrons. The zero-order chi connectivity index (χ0) is 14.3. The van der Waals surface area contributed by atoms with Crippen LogP contribution in [-0.2, 0) is 7.05 Å². The molecule has 0 aliphatic carbocycles. The molecule has 3 aromatic rings. The Morgan fingerprint density at radius 1 is 1.25 bits per heavy atom. The van der Waals surface area contributed by atoms with Crippen molar-refractivity contribution in [3.05, 3.63) is 36.0 Å². The predicted octanol–water partition coefficient (Wildman–Crippen LogP) is 2.89. The largest absolute Gasteiger partial charge is 0.320 e. The summed E-state index contributed by atoms with van der Waals surface area (Å²) in [5.41, 5.74) is 3.47. The Morgan fingerprint density at radius 2 is 2.05 bits per heavy atom. The summed E-state index contributed by atoms with van der Waals surface area (Å²) < 4.78 is 3.98. The van der Waals surface area contributed by atoms with Gasteiger partial charge in [0.15, 0.2) is 5.82 Å². The van der Waals surface area contributed by atoms with E-state index in [1.807, 2.05) is 36.0 Å². The molecule has 0 amide bonds. The molecule has 0 fully saturated rings. The molecule has 5 nitrogen and oxygen atoms in total. The Hall–Kier alpha value is -2.61. The van der Waals surface area contributed by atoms with Crippen molar-refractivity contribution in [3.63, 3.8) is 0 Å². The number of hydrogen-bond acceptors (Lipinski definition) is 3. The number of hydrogen-bond donors (Lipinski definition) is 0. The Bertz CT molecular complexity index is 817. The molecular formula is C15H15N5. The van der Waals surface area contributed by atoms with Gasteiger partial charge in [0.2, 0.25) is 0 Å². The smallest absolute Gasteiger partial charge is 0.159 e. The third-order valence-corrected chi connectivity index (χ3v) is 3.39. The highest BCUT2D eigenvalue weighted by Crippen LogP contribution is 2.28. The predicted molar refractivity (Wildman–Crippen MR) is 77.0 cm³/mol.